The Balaban J connectivity index is 1.62. The van der Waals surface area contributed by atoms with E-state index in [4.69, 9.17) is 4.74 Å². The Kier molecular flexibility index (Phi) is 5.94. The van der Waals surface area contributed by atoms with E-state index in [0.29, 0.717) is 11.5 Å². The molecule has 1 aliphatic carbocycles. The number of hydrogen-bond donors (Lipinski definition) is 2. The molecule has 4 rings (SSSR count). The van der Waals surface area contributed by atoms with Crippen molar-refractivity contribution in [2.45, 2.75) is 44.4 Å². The quantitative estimate of drug-likeness (QED) is 0.512. The zero-order valence-electron chi connectivity index (χ0n) is 17.5. The molecule has 4 nitrogen and oxygen atoms in total. The van der Waals surface area contributed by atoms with Crippen LogP contribution in [0, 0.1) is 0 Å². The molecule has 32 heavy (non-hydrogen) atoms. The van der Waals surface area contributed by atoms with E-state index in [-0.39, 0.29) is 30.0 Å². The lowest BCUT2D eigenvalue weighted by molar-refractivity contribution is -0.120. The lowest BCUT2D eigenvalue weighted by Crippen LogP contribution is -2.49. The van der Waals surface area contributed by atoms with Gasteiger partial charge in [-0.05, 0) is 62.2 Å². The monoisotopic (exact) mass is 506 g/mol. The molecule has 168 valence electrons. The number of carbonyl (C=O) groups is 1. The fourth-order valence-electron chi connectivity index (χ4n) is 4.26. The first kappa shape index (κ1) is 22.6. The summed E-state index contributed by atoms with van der Waals surface area (Å²) in [6.07, 6.45) is -3.18. The third-order valence-corrected chi connectivity index (χ3v) is 6.21. The molecule has 2 aliphatic rings. The van der Waals surface area contributed by atoms with Crippen molar-refractivity contribution >= 4 is 21.8 Å². The Bertz CT molecular complexity index is 1130. The van der Waals surface area contributed by atoms with Crippen molar-refractivity contribution < 1.29 is 22.7 Å². The molecule has 1 fully saturated rings. The molecule has 0 bridgehead atoms. The Labute approximate surface area is 192 Å². The molecule has 0 saturated carbocycles. The Morgan fingerprint density at radius 2 is 1.81 bits per heavy atom. The first-order valence-electron chi connectivity index (χ1n) is 10.1. The highest BCUT2D eigenvalue weighted by Gasteiger charge is 2.44. The van der Waals surface area contributed by atoms with E-state index >= 15 is 0 Å². The van der Waals surface area contributed by atoms with E-state index in [1.54, 1.807) is 0 Å². The second kappa shape index (κ2) is 8.41. The lowest BCUT2D eigenvalue weighted by atomic mass is 9.81. The molecule has 2 atom stereocenters. The Hall–Kier alpha value is -2.58. The molecule has 1 aliphatic heterocycles. The molecule has 1 saturated heterocycles. The number of amides is 1. The number of alkyl halides is 3. The largest absolute Gasteiger partial charge is 0.457 e. The summed E-state index contributed by atoms with van der Waals surface area (Å²) >= 11 is 3.41. The minimum absolute atomic E-state index is 0.0909. The number of carbonyl (C=O) groups excluding carboxylic acids is 1. The van der Waals surface area contributed by atoms with Crippen molar-refractivity contribution in [2.24, 2.45) is 0 Å². The van der Waals surface area contributed by atoms with Crippen molar-refractivity contribution in [2.75, 3.05) is 0 Å². The second-order valence-electron chi connectivity index (χ2n) is 8.34. The van der Waals surface area contributed by atoms with Crippen LogP contribution in [0.5, 0.6) is 11.5 Å². The van der Waals surface area contributed by atoms with Crippen molar-refractivity contribution in [3.63, 3.8) is 0 Å². The first-order chi connectivity index (χ1) is 15.0. The average Bonchev–Trinajstić information content (AvgIpc) is 2.81. The molecule has 1 amide bonds. The highest BCUT2D eigenvalue weighted by molar-refractivity contribution is 9.10. The van der Waals surface area contributed by atoms with E-state index in [9.17, 15) is 18.0 Å². The smallest absolute Gasteiger partial charge is 0.416 e. The fraction of sp³-hybridized carbons (Fsp3) is 0.292. The van der Waals surface area contributed by atoms with Crippen molar-refractivity contribution in [1.82, 2.24) is 10.6 Å². The zero-order chi connectivity index (χ0) is 23.1. The van der Waals surface area contributed by atoms with Crippen LogP contribution in [0.1, 0.15) is 38.3 Å². The minimum atomic E-state index is -4.47. The van der Waals surface area contributed by atoms with Gasteiger partial charge < -0.3 is 10.1 Å². The predicted molar refractivity (Wildman–Crippen MR) is 119 cm³/mol. The first-order valence-corrected chi connectivity index (χ1v) is 10.9. The normalized spacial score (nSPS) is 23.8. The van der Waals surface area contributed by atoms with Gasteiger partial charge >= 0.3 is 6.18 Å². The summed E-state index contributed by atoms with van der Waals surface area (Å²) in [7, 11) is 0. The van der Waals surface area contributed by atoms with Crippen LogP contribution in [-0.2, 0) is 4.79 Å². The molecule has 2 unspecified atom stereocenters. The third-order valence-electron chi connectivity index (χ3n) is 5.72. The van der Waals surface area contributed by atoms with Gasteiger partial charge in [0, 0.05) is 22.6 Å². The van der Waals surface area contributed by atoms with Crippen LogP contribution in [0.3, 0.4) is 0 Å². The summed E-state index contributed by atoms with van der Waals surface area (Å²) in [5.74, 6) is 0.928. The van der Waals surface area contributed by atoms with Crippen LogP contribution in [-0.4, -0.2) is 17.6 Å². The summed E-state index contributed by atoms with van der Waals surface area (Å²) in [4.78, 5) is 12.6. The van der Waals surface area contributed by atoms with Crippen LogP contribution in [0.2, 0.25) is 0 Å². The topological polar surface area (TPSA) is 50.4 Å². The van der Waals surface area contributed by atoms with Crippen LogP contribution >= 0.6 is 15.9 Å². The molecule has 2 aromatic carbocycles. The maximum absolute atomic E-state index is 13.4. The molecule has 8 heteroatoms. The van der Waals surface area contributed by atoms with E-state index in [1.807, 2.05) is 55.5 Å². The third kappa shape index (κ3) is 4.76. The van der Waals surface area contributed by atoms with Gasteiger partial charge in [0.05, 0.1) is 11.1 Å². The molecule has 0 spiro atoms. The SMILES string of the molecule is CC1=C(C(F)(F)F)C=C2NC(=O)CC(c3cccc(Oc4cccc(Br)c4)c3)NC2(C)C1. The zero-order valence-corrected chi connectivity index (χ0v) is 19.1. The summed E-state index contributed by atoms with van der Waals surface area (Å²) in [5, 5.41) is 6.12. The second-order valence-corrected chi connectivity index (χ2v) is 9.26. The van der Waals surface area contributed by atoms with Gasteiger partial charge in [-0.15, -0.1) is 0 Å². The summed E-state index contributed by atoms with van der Waals surface area (Å²) in [6, 6.07) is 14.4. The van der Waals surface area contributed by atoms with Crippen LogP contribution in [0.15, 0.2) is 75.9 Å². The van der Waals surface area contributed by atoms with Gasteiger partial charge in [0.1, 0.15) is 11.5 Å². The standard InChI is InChI=1S/C24H22BrF3N2O2/c1-14-13-23(2)21(11-19(14)24(26,27)28)29-22(31)12-20(30-23)15-5-3-7-17(9-15)32-18-8-4-6-16(25)10-18/h3-11,20,30H,12-13H2,1-2H3,(H,29,31). The van der Waals surface area contributed by atoms with Gasteiger partial charge in [-0.2, -0.15) is 13.2 Å². The number of allylic oxidation sites excluding steroid dienone is 2. The molecule has 0 radical (unpaired) electrons. The van der Waals surface area contributed by atoms with Gasteiger partial charge in [-0.3, -0.25) is 10.1 Å². The van der Waals surface area contributed by atoms with Crippen molar-refractivity contribution in [3.8, 4) is 11.5 Å². The number of fused-ring (bicyclic) bond motifs is 1. The van der Waals surface area contributed by atoms with Gasteiger partial charge in [0.2, 0.25) is 5.91 Å². The highest BCUT2D eigenvalue weighted by atomic mass is 79.9. The number of rotatable bonds is 3. The van der Waals surface area contributed by atoms with Crippen LogP contribution in [0.25, 0.3) is 0 Å². The molecular formula is C24H22BrF3N2O2. The van der Waals surface area contributed by atoms with E-state index in [2.05, 4.69) is 26.6 Å². The number of nitrogens with one attached hydrogen (secondary N) is 2. The van der Waals surface area contributed by atoms with Gasteiger partial charge in [0.25, 0.3) is 0 Å². The van der Waals surface area contributed by atoms with Crippen molar-refractivity contribution in [1.29, 1.82) is 0 Å². The summed E-state index contributed by atoms with van der Waals surface area (Å²) < 4.78 is 47.1. The molecular weight excluding hydrogens is 485 g/mol. The van der Waals surface area contributed by atoms with Crippen LogP contribution < -0.4 is 15.4 Å². The Morgan fingerprint density at radius 1 is 1.12 bits per heavy atom. The van der Waals surface area contributed by atoms with E-state index in [1.165, 1.54) is 6.92 Å². The van der Waals surface area contributed by atoms with E-state index in [0.717, 1.165) is 16.1 Å². The maximum Gasteiger partial charge on any atom is 0.416 e. The van der Waals surface area contributed by atoms with Gasteiger partial charge in [-0.1, -0.05) is 39.7 Å². The maximum atomic E-state index is 13.4. The summed E-state index contributed by atoms with van der Waals surface area (Å²) in [5.41, 5.74) is -0.243. The lowest BCUT2D eigenvalue weighted by Gasteiger charge is -2.38. The minimum Gasteiger partial charge on any atom is -0.457 e. The average molecular weight is 507 g/mol. The van der Waals surface area contributed by atoms with Crippen LogP contribution in [0.4, 0.5) is 13.2 Å². The van der Waals surface area contributed by atoms with Gasteiger partial charge in [0.15, 0.2) is 0 Å². The number of ether oxygens (including phenoxy) is 1. The molecule has 1 heterocycles. The predicted octanol–water partition coefficient (Wildman–Crippen LogP) is 6.32. The number of halogens is 4. The van der Waals surface area contributed by atoms with E-state index < -0.39 is 23.3 Å². The number of hydrogen-bond acceptors (Lipinski definition) is 3. The summed E-state index contributed by atoms with van der Waals surface area (Å²) in [6.45, 7) is 3.30. The highest BCUT2D eigenvalue weighted by Crippen LogP contribution is 2.41. The molecule has 2 N–H and O–H groups in total. The molecule has 2 aromatic rings. The molecule has 0 aromatic heterocycles. The Morgan fingerprint density at radius 3 is 2.50 bits per heavy atom. The fourth-order valence-corrected chi connectivity index (χ4v) is 4.64. The van der Waals surface area contributed by atoms with Gasteiger partial charge in [-0.25, -0.2) is 0 Å². The number of benzene rings is 2. The van der Waals surface area contributed by atoms with Crippen molar-refractivity contribution in [3.05, 3.63) is 81.5 Å².